The lowest BCUT2D eigenvalue weighted by Crippen LogP contribution is -2.60. The minimum absolute atomic E-state index is 0.0472. The maximum Gasteiger partial charge on any atom is 0.343 e. The third kappa shape index (κ3) is 6.05. The van der Waals surface area contributed by atoms with Crippen LogP contribution in [-0.4, -0.2) is 39.5 Å². The molecular formula is C18H24N2O7. The number of hydrogen-bond acceptors (Lipinski definition) is 6. The number of carboxylic acid groups (broad SMARTS) is 1. The SMILES string of the molecule is CCC(C)OC(=O)C(CCCc1ccc([N+](=O)[O-])cc1)(NC(C)=O)C(=O)O. The number of nitro groups is 1. The molecule has 9 heteroatoms. The molecule has 1 aromatic rings. The van der Waals surface area contributed by atoms with E-state index < -0.39 is 34.4 Å². The second kappa shape index (κ2) is 9.65. The van der Waals surface area contributed by atoms with Crippen molar-refractivity contribution in [1.29, 1.82) is 0 Å². The van der Waals surface area contributed by atoms with Crippen LogP contribution in [0.3, 0.4) is 0 Å². The van der Waals surface area contributed by atoms with Gasteiger partial charge in [0.1, 0.15) is 0 Å². The van der Waals surface area contributed by atoms with Gasteiger partial charge in [0.05, 0.1) is 11.0 Å². The van der Waals surface area contributed by atoms with E-state index in [0.717, 1.165) is 12.5 Å². The van der Waals surface area contributed by atoms with Crippen molar-refractivity contribution < 1.29 is 29.2 Å². The highest BCUT2D eigenvalue weighted by Crippen LogP contribution is 2.21. The van der Waals surface area contributed by atoms with Crippen molar-refractivity contribution in [3.8, 4) is 0 Å². The van der Waals surface area contributed by atoms with Gasteiger partial charge in [-0.2, -0.15) is 0 Å². The lowest BCUT2D eigenvalue weighted by Gasteiger charge is -2.29. The summed E-state index contributed by atoms with van der Waals surface area (Å²) < 4.78 is 5.16. The average molecular weight is 380 g/mol. The summed E-state index contributed by atoms with van der Waals surface area (Å²) in [6.45, 7) is 4.55. The first-order valence-corrected chi connectivity index (χ1v) is 8.59. The molecule has 0 aromatic heterocycles. The van der Waals surface area contributed by atoms with Crippen LogP contribution < -0.4 is 5.32 Å². The number of aryl methyl sites for hydroxylation is 1. The highest BCUT2D eigenvalue weighted by Gasteiger charge is 2.48. The van der Waals surface area contributed by atoms with Crippen molar-refractivity contribution in [1.82, 2.24) is 5.32 Å². The molecule has 0 aliphatic heterocycles. The smallest absolute Gasteiger partial charge is 0.343 e. The molecule has 0 aliphatic carbocycles. The van der Waals surface area contributed by atoms with Crippen LogP contribution in [0.2, 0.25) is 0 Å². The Morgan fingerprint density at radius 1 is 1.30 bits per heavy atom. The zero-order chi connectivity index (χ0) is 20.6. The van der Waals surface area contributed by atoms with E-state index in [0.29, 0.717) is 12.8 Å². The molecule has 9 nitrogen and oxygen atoms in total. The molecule has 0 saturated carbocycles. The summed E-state index contributed by atoms with van der Waals surface area (Å²) >= 11 is 0. The number of carbonyl (C=O) groups excluding carboxylic acids is 2. The third-order valence-electron chi connectivity index (χ3n) is 4.15. The van der Waals surface area contributed by atoms with Crippen molar-refractivity contribution in [2.24, 2.45) is 0 Å². The predicted octanol–water partition coefficient (Wildman–Crippen LogP) is 2.22. The first-order valence-electron chi connectivity index (χ1n) is 8.59. The van der Waals surface area contributed by atoms with Crippen LogP contribution in [-0.2, 0) is 25.5 Å². The summed E-state index contributed by atoms with van der Waals surface area (Å²) in [4.78, 5) is 46.0. The molecular weight excluding hydrogens is 356 g/mol. The molecule has 0 aliphatic rings. The Balaban J connectivity index is 2.92. The molecule has 2 unspecified atom stereocenters. The number of esters is 1. The van der Waals surface area contributed by atoms with E-state index in [2.05, 4.69) is 5.32 Å². The Hall–Kier alpha value is -2.97. The molecule has 148 valence electrons. The van der Waals surface area contributed by atoms with Crippen LogP contribution in [0.25, 0.3) is 0 Å². The van der Waals surface area contributed by atoms with Crippen molar-refractivity contribution >= 4 is 23.5 Å². The first-order chi connectivity index (χ1) is 12.6. The Bertz CT molecular complexity index is 702. The molecule has 1 aromatic carbocycles. The number of carbonyl (C=O) groups is 3. The van der Waals surface area contributed by atoms with E-state index in [1.807, 2.05) is 0 Å². The minimum atomic E-state index is -2.17. The molecule has 2 N–H and O–H groups in total. The zero-order valence-electron chi connectivity index (χ0n) is 15.6. The summed E-state index contributed by atoms with van der Waals surface area (Å²) in [5.41, 5.74) is -1.47. The van der Waals surface area contributed by atoms with Gasteiger partial charge in [0.15, 0.2) is 0 Å². The fourth-order valence-electron chi connectivity index (χ4n) is 2.47. The number of amides is 1. The van der Waals surface area contributed by atoms with E-state index in [1.165, 1.54) is 12.1 Å². The summed E-state index contributed by atoms with van der Waals surface area (Å²) in [6, 6.07) is 5.84. The van der Waals surface area contributed by atoms with E-state index in [1.54, 1.807) is 26.0 Å². The van der Waals surface area contributed by atoms with Gasteiger partial charge in [-0.05, 0) is 38.2 Å². The van der Waals surface area contributed by atoms with E-state index in [4.69, 9.17) is 4.74 Å². The van der Waals surface area contributed by atoms with E-state index >= 15 is 0 Å². The van der Waals surface area contributed by atoms with Gasteiger partial charge in [-0.3, -0.25) is 14.9 Å². The maximum absolute atomic E-state index is 12.5. The summed E-state index contributed by atoms with van der Waals surface area (Å²) in [5.74, 6) is -3.16. The predicted molar refractivity (Wildman–Crippen MR) is 96.1 cm³/mol. The Morgan fingerprint density at radius 2 is 1.89 bits per heavy atom. The molecule has 27 heavy (non-hydrogen) atoms. The topological polar surface area (TPSA) is 136 Å². The lowest BCUT2D eigenvalue weighted by molar-refractivity contribution is -0.384. The monoisotopic (exact) mass is 380 g/mol. The van der Waals surface area contributed by atoms with Crippen LogP contribution in [0.15, 0.2) is 24.3 Å². The molecule has 0 spiro atoms. The normalized spacial score (nSPS) is 13.9. The lowest BCUT2D eigenvalue weighted by atomic mass is 9.91. The van der Waals surface area contributed by atoms with Crippen LogP contribution >= 0.6 is 0 Å². The van der Waals surface area contributed by atoms with Crippen LogP contribution in [0.4, 0.5) is 5.69 Å². The second-order valence-electron chi connectivity index (χ2n) is 6.29. The van der Waals surface area contributed by atoms with Crippen LogP contribution in [0.1, 0.15) is 45.6 Å². The van der Waals surface area contributed by atoms with E-state index in [-0.39, 0.29) is 18.5 Å². The highest BCUT2D eigenvalue weighted by atomic mass is 16.6. The fourth-order valence-corrected chi connectivity index (χ4v) is 2.47. The number of carboxylic acids is 1. The molecule has 0 bridgehead atoms. The van der Waals surface area contributed by atoms with Gasteiger partial charge in [-0.1, -0.05) is 19.1 Å². The highest BCUT2D eigenvalue weighted by molar-refractivity contribution is 6.06. The number of benzene rings is 1. The van der Waals surface area contributed by atoms with Gasteiger partial charge in [0, 0.05) is 19.1 Å². The first kappa shape index (κ1) is 22.1. The zero-order valence-corrected chi connectivity index (χ0v) is 15.6. The Labute approximate surface area is 156 Å². The molecule has 0 saturated heterocycles. The number of ether oxygens (including phenoxy) is 1. The van der Waals surface area contributed by atoms with Gasteiger partial charge < -0.3 is 15.2 Å². The standard InChI is InChI=1S/C18H24N2O7/c1-4-12(2)27-17(24)18(16(22)23,19-13(3)21)11-5-6-14-7-9-15(10-8-14)20(25)26/h7-10,12H,4-6,11H2,1-3H3,(H,19,21)(H,22,23). The number of nitro benzene ring substituents is 1. The van der Waals surface area contributed by atoms with Crippen LogP contribution in [0, 0.1) is 10.1 Å². The van der Waals surface area contributed by atoms with Gasteiger partial charge in [-0.25, -0.2) is 9.59 Å². The fraction of sp³-hybridized carbons (Fsp3) is 0.500. The molecule has 0 fully saturated rings. The molecule has 0 heterocycles. The minimum Gasteiger partial charge on any atom is -0.479 e. The number of aliphatic carboxylic acids is 1. The van der Waals surface area contributed by atoms with Crippen molar-refractivity contribution in [3.05, 3.63) is 39.9 Å². The molecule has 1 amide bonds. The van der Waals surface area contributed by atoms with Crippen molar-refractivity contribution in [2.75, 3.05) is 0 Å². The van der Waals surface area contributed by atoms with Gasteiger partial charge in [0.2, 0.25) is 11.4 Å². The average Bonchev–Trinajstić information content (AvgIpc) is 2.60. The number of rotatable bonds is 10. The number of nitrogens with one attached hydrogen (secondary N) is 1. The summed E-state index contributed by atoms with van der Waals surface area (Å²) in [5, 5.41) is 22.5. The third-order valence-corrected chi connectivity index (χ3v) is 4.15. The summed E-state index contributed by atoms with van der Waals surface area (Å²) in [7, 11) is 0. The number of hydrogen-bond donors (Lipinski definition) is 2. The van der Waals surface area contributed by atoms with Gasteiger partial charge in [0.25, 0.3) is 5.69 Å². The van der Waals surface area contributed by atoms with E-state index in [9.17, 15) is 29.6 Å². The Morgan fingerprint density at radius 3 is 2.33 bits per heavy atom. The van der Waals surface area contributed by atoms with Gasteiger partial charge in [-0.15, -0.1) is 0 Å². The van der Waals surface area contributed by atoms with Crippen LogP contribution in [0.5, 0.6) is 0 Å². The molecule has 1 rings (SSSR count). The number of nitrogens with zero attached hydrogens (tertiary/aromatic N) is 1. The maximum atomic E-state index is 12.5. The molecule has 2 atom stereocenters. The van der Waals surface area contributed by atoms with Crippen molar-refractivity contribution in [2.45, 2.75) is 58.1 Å². The quantitative estimate of drug-likeness (QED) is 0.275. The Kier molecular flexibility index (Phi) is 7.89. The number of non-ortho nitro benzene ring substituents is 1. The van der Waals surface area contributed by atoms with Crippen molar-refractivity contribution in [3.63, 3.8) is 0 Å². The largest absolute Gasteiger partial charge is 0.479 e. The second-order valence-corrected chi connectivity index (χ2v) is 6.29. The molecule has 0 radical (unpaired) electrons. The van der Waals surface area contributed by atoms with Gasteiger partial charge >= 0.3 is 11.9 Å². The summed E-state index contributed by atoms with van der Waals surface area (Å²) in [6.07, 6.45) is 0.474.